The molecule has 0 atom stereocenters. The minimum atomic E-state index is -1.03. The van der Waals surface area contributed by atoms with Crippen molar-refractivity contribution in [2.75, 3.05) is 43.5 Å². The van der Waals surface area contributed by atoms with Crippen LogP contribution < -0.4 is 15.0 Å². The second-order valence-electron chi connectivity index (χ2n) is 5.67. The van der Waals surface area contributed by atoms with Crippen molar-refractivity contribution in [1.82, 2.24) is 14.9 Å². The molecule has 1 aromatic carbocycles. The molecule has 0 unspecified atom stereocenters. The number of methoxy groups -OCH3 is 1. The number of rotatable bonds is 4. The molecular weight excluding hydrogens is 354 g/mol. The predicted octanol–water partition coefficient (Wildman–Crippen LogP) is 1.70. The number of thiocarbonyl (C=S) groups is 1. The Morgan fingerprint density at radius 1 is 1.23 bits per heavy atom. The van der Waals surface area contributed by atoms with Gasteiger partial charge >= 0.3 is 5.97 Å². The molecule has 2 N–H and O–H groups in total. The minimum absolute atomic E-state index is 0.112. The Kier molecular flexibility index (Phi) is 5.47. The van der Waals surface area contributed by atoms with Crippen LogP contribution in [0.2, 0.25) is 0 Å². The number of hydrogen-bond acceptors (Lipinski definition) is 6. The molecule has 9 heteroatoms. The van der Waals surface area contributed by atoms with Crippen LogP contribution in [0.15, 0.2) is 36.7 Å². The van der Waals surface area contributed by atoms with Gasteiger partial charge in [0.1, 0.15) is 11.3 Å². The maximum absolute atomic E-state index is 11.2. The molecule has 0 bridgehead atoms. The van der Waals surface area contributed by atoms with Gasteiger partial charge in [0.15, 0.2) is 5.11 Å². The summed E-state index contributed by atoms with van der Waals surface area (Å²) in [6.45, 7) is 3.03. The average Bonchev–Trinajstić information content (AvgIpc) is 2.68. The molecule has 8 nitrogen and oxygen atoms in total. The van der Waals surface area contributed by atoms with Crippen LogP contribution in [0.25, 0.3) is 0 Å². The third-order valence-electron chi connectivity index (χ3n) is 4.09. The second-order valence-corrected chi connectivity index (χ2v) is 6.06. The summed E-state index contributed by atoms with van der Waals surface area (Å²) in [4.78, 5) is 23.9. The van der Waals surface area contributed by atoms with Crippen molar-refractivity contribution < 1.29 is 14.6 Å². The standard InChI is InChI=1S/C17H19N5O3S/c1-25-14-11-12(3-4-13(14)15(23)24)20-17(26)22-9-7-21(8-10-22)16-18-5-2-6-19-16/h2-6,11H,7-10H2,1H3,(H,20,26)(H,23,24). The summed E-state index contributed by atoms with van der Waals surface area (Å²) in [6.07, 6.45) is 3.46. The van der Waals surface area contributed by atoms with Crippen LogP contribution in [0.1, 0.15) is 10.4 Å². The summed E-state index contributed by atoms with van der Waals surface area (Å²) >= 11 is 5.48. The summed E-state index contributed by atoms with van der Waals surface area (Å²) in [5.74, 6) is -0.0217. The molecule has 2 aromatic rings. The third kappa shape index (κ3) is 3.99. The lowest BCUT2D eigenvalue weighted by molar-refractivity contribution is 0.0693. The Morgan fingerprint density at radius 2 is 1.92 bits per heavy atom. The van der Waals surface area contributed by atoms with Gasteiger partial charge < -0.3 is 25.0 Å². The highest BCUT2D eigenvalue weighted by Gasteiger charge is 2.21. The lowest BCUT2D eigenvalue weighted by Crippen LogP contribution is -2.50. The van der Waals surface area contributed by atoms with Crippen LogP contribution in [0.3, 0.4) is 0 Å². The molecule has 1 aromatic heterocycles. The molecule has 0 spiro atoms. The zero-order valence-electron chi connectivity index (χ0n) is 14.3. The van der Waals surface area contributed by atoms with E-state index in [1.807, 2.05) is 0 Å². The number of carbonyl (C=O) groups is 1. The number of carboxylic acids is 1. The number of nitrogens with one attached hydrogen (secondary N) is 1. The van der Waals surface area contributed by atoms with Crippen LogP contribution in [0, 0.1) is 0 Å². The van der Waals surface area contributed by atoms with E-state index >= 15 is 0 Å². The fraction of sp³-hybridized carbons (Fsp3) is 0.294. The summed E-state index contributed by atoms with van der Waals surface area (Å²) < 4.78 is 5.14. The first-order valence-electron chi connectivity index (χ1n) is 8.07. The van der Waals surface area contributed by atoms with E-state index in [0.29, 0.717) is 10.8 Å². The number of hydrogen-bond donors (Lipinski definition) is 2. The smallest absolute Gasteiger partial charge is 0.339 e. The highest BCUT2D eigenvalue weighted by Crippen LogP contribution is 2.23. The van der Waals surface area contributed by atoms with Crippen LogP contribution in [-0.2, 0) is 0 Å². The number of benzene rings is 1. The number of anilines is 2. The van der Waals surface area contributed by atoms with Gasteiger partial charge in [-0.15, -0.1) is 0 Å². The van der Waals surface area contributed by atoms with E-state index in [1.54, 1.807) is 30.6 Å². The molecular formula is C17H19N5O3S. The van der Waals surface area contributed by atoms with Crippen LogP contribution in [0.4, 0.5) is 11.6 Å². The van der Waals surface area contributed by atoms with E-state index in [4.69, 9.17) is 22.1 Å². The van der Waals surface area contributed by atoms with E-state index in [9.17, 15) is 4.79 Å². The highest BCUT2D eigenvalue weighted by molar-refractivity contribution is 7.80. The average molecular weight is 373 g/mol. The van der Waals surface area contributed by atoms with Gasteiger partial charge in [0.25, 0.3) is 0 Å². The SMILES string of the molecule is COc1cc(NC(=S)N2CCN(c3ncccn3)CC2)ccc1C(=O)O. The normalized spacial score (nSPS) is 14.0. The van der Waals surface area contributed by atoms with Gasteiger partial charge in [0, 0.05) is 50.3 Å². The zero-order chi connectivity index (χ0) is 18.5. The fourth-order valence-corrected chi connectivity index (χ4v) is 3.01. The highest BCUT2D eigenvalue weighted by atomic mass is 32.1. The molecule has 3 rings (SSSR count). The maximum Gasteiger partial charge on any atom is 0.339 e. The van der Waals surface area contributed by atoms with E-state index in [2.05, 4.69) is 25.1 Å². The summed E-state index contributed by atoms with van der Waals surface area (Å²) in [5, 5.41) is 12.9. The van der Waals surface area contributed by atoms with Crippen molar-refractivity contribution in [2.45, 2.75) is 0 Å². The Morgan fingerprint density at radius 3 is 2.54 bits per heavy atom. The first-order chi connectivity index (χ1) is 12.6. The Balaban J connectivity index is 1.60. The number of ether oxygens (including phenoxy) is 1. The second kappa shape index (κ2) is 7.96. The number of piperazine rings is 1. The number of aromatic nitrogens is 2. The van der Waals surface area contributed by atoms with Crippen molar-refractivity contribution >= 4 is 34.9 Å². The largest absolute Gasteiger partial charge is 0.496 e. The Bertz CT molecular complexity index is 794. The van der Waals surface area contributed by atoms with Crippen molar-refractivity contribution in [3.8, 4) is 5.75 Å². The van der Waals surface area contributed by atoms with Crippen molar-refractivity contribution in [3.05, 3.63) is 42.2 Å². The molecule has 0 saturated carbocycles. The summed E-state index contributed by atoms with van der Waals surface area (Å²) in [5.41, 5.74) is 0.797. The first-order valence-corrected chi connectivity index (χ1v) is 8.48. The Hall–Kier alpha value is -2.94. The van der Waals surface area contributed by atoms with Gasteiger partial charge in [0.2, 0.25) is 5.95 Å². The van der Waals surface area contributed by atoms with Gasteiger partial charge in [-0.25, -0.2) is 14.8 Å². The number of nitrogens with zero attached hydrogens (tertiary/aromatic N) is 4. The predicted molar refractivity (Wildman–Crippen MR) is 102 cm³/mol. The van der Waals surface area contributed by atoms with Crippen molar-refractivity contribution in [2.24, 2.45) is 0 Å². The molecule has 26 heavy (non-hydrogen) atoms. The van der Waals surface area contributed by atoms with Gasteiger partial charge in [0.05, 0.1) is 7.11 Å². The van der Waals surface area contributed by atoms with Crippen LogP contribution >= 0.6 is 12.2 Å². The summed E-state index contributed by atoms with van der Waals surface area (Å²) in [6, 6.07) is 6.59. The number of carboxylic acid groups (broad SMARTS) is 1. The summed E-state index contributed by atoms with van der Waals surface area (Å²) in [7, 11) is 1.44. The molecule has 1 aliphatic heterocycles. The van der Waals surface area contributed by atoms with Crippen LogP contribution in [0.5, 0.6) is 5.75 Å². The van der Waals surface area contributed by atoms with Gasteiger partial charge in [-0.1, -0.05) is 0 Å². The third-order valence-corrected chi connectivity index (χ3v) is 4.45. The lowest BCUT2D eigenvalue weighted by Gasteiger charge is -2.36. The van der Waals surface area contributed by atoms with Gasteiger partial charge in [-0.2, -0.15) is 0 Å². The molecule has 1 fully saturated rings. The quantitative estimate of drug-likeness (QED) is 0.777. The van der Waals surface area contributed by atoms with E-state index in [1.165, 1.54) is 13.2 Å². The van der Waals surface area contributed by atoms with E-state index in [0.717, 1.165) is 32.1 Å². The van der Waals surface area contributed by atoms with Gasteiger partial charge in [-0.05, 0) is 30.4 Å². The molecule has 136 valence electrons. The lowest BCUT2D eigenvalue weighted by atomic mass is 10.2. The van der Waals surface area contributed by atoms with Gasteiger partial charge in [-0.3, -0.25) is 0 Å². The molecule has 1 saturated heterocycles. The van der Waals surface area contributed by atoms with Crippen molar-refractivity contribution in [1.29, 1.82) is 0 Å². The molecule has 0 radical (unpaired) electrons. The number of aromatic carboxylic acids is 1. The molecule has 2 heterocycles. The van der Waals surface area contributed by atoms with E-state index < -0.39 is 5.97 Å². The monoisotopic (exact) mass is 373 g/mol. The molecule has 0 amide bonds. The zero-order valence-corrected chi connectivity index (χ0v) is 15.1. The van der Waals surface area contributed by atoms with Crippen LogP contribution in [-0.4, -0.2) is 64.3 Å². The Labute approximate surface area is 156 Å². The topological polar surface area (TPSA) is 90.8 Å². The first kappa shape index (κ1) is 17.9. The molecule has 0 aliphatic carbocycles. The van der Waals surface area contributed by atoms with Crippen molar-refractivity contribution in [3.63, 3.8) is 0 Å². The fourth-order valence-electron chi connectivity index (χ4n) is 2.71. The maximum atomic E-state index is 11.2. The van der Waals surface area contributed by atoms with E-state index in [-0.39, 0.29) is 11.3 Å². The minimum Gasteiger partial charge on any atom is -0.496 e. The molecule has 1 aliphatic rings.